The molecule has 1 N–H and O–H groups in total. The molecule has 1 amide bonds. The van der Waals surface area contributed by atoms with E-state index in [1.165, 1.54) is 12.1 Å². The second kappa shape index (κ2) is 6.07. The molecule has 2 fully saturated rings. The lowest BCUT2D eigenvalue weighted by atomic mass is 10.0. The van der Waals surface area contributed by atoms with Crippen molar-refractivity contribution in [2.45, 2.75) is 32.8 Å². The van der Waals surface area contributed by atoms with Crippen LogP contribution in [0.3, 0.4) is 0 Å². The molecular formula is C18H22FNO4. The molecule has 1 aromatic rings. The number of amides is 1. The molecule has 2 aliphatic rings. The zero-order valence-electron chi connectivity index (χ0n) is 13.9. The summed E-state index contributed by atoms with van der Waals surface area (Å²) in [5, 5.41) is 9.21. The summed E-state index contributed by atoms with van der Waals surface area (Å²) in [7, 11) is 0. The van der Waals surface area contributed by atoms with Gasteiger partial charge < -0.3 is 14.7 Å². The van der Waals surface area contributed by atoms with E-state index in [9.17, 15) is 19.1 Å². The number of likely N-dealkylation sites (tertiary alicyclic amines) is 1. The molecule has 1 aliphatic carbocycles. The first kappa shape index (κ1) is 16.7. The Labute approximate surface area is 140 Å². The summed E-state index contributed by atoms with van der Waals surface area (Å²) in [5.74, 6) is -1.65. The molecule has 2 atom stereocenters. The number of benzene rings is 1. The van der Waals surface area contributed by atoms with Crippen molar-refractivity contribution >= 4 is 11.9 Å². The van der Waals surface area contributed by atoms with Crippen LogP contribution >= 0.6 is 0 Å². The average molecular weight is 335 g/mol. The topological polar surface area (TPSA) is 66.8 Å². The largest absolute Gasteiger partial charge is 0.490 e. The number of carbonyl (C=O) groups is 2. The van der Waals surface area contributed by atoms with Crippen LogP contribution in [0.15, 0.2) is 24.3 Å². The highest BCUT2D eigenvalue weighted by molar-refractivity contribution is 5.91. The van der Waals surface area contributed by atoms with Crippen LogP contribution in [0.1, 0.15) is 26.7 Å². The third-order valence-corrected chi connectivity index (χ3v) is 5.23. The number of piperidine rings is 1. The molecule has 24 heavy (non-hydrogen) atoms. The van der Waals surface area contributed by atoms with Crippen molar-refractivity contribution in [2.24, 2.45) is 17.3 Å². The minimum atomic E-state index is -0.895. The van der Waals surface area contributed by atoms with E-state index in [2.05, 4.69) is 0 Å². The fraction of sp³-hybridized carbons (Fsp3) is 0.556. The monoisotopic (exact) mass is 335 g/mol. The molecule has 1 saturated heterocycles. The lowest BCUT2D eigenvalue weighted by Gasteiger charge is -2.32. The predicted octanol–water partition coefficient (Wildman–Crippen LogP) is 2.55. The van der Waals surface area contributed by atoms with E-state index in [1.54, 1.807) is 17.0 Å². The van der Waals surface area contributed by atoms with Gasteiger partial charge in [-0.2, -0.15) is 0 Å². The van der Waals surface area contributed by atoms with Crippen LogP contribution < -0.4 is 4.74 Å². The van der Waals surface area contributed by atoms with E-state index < -0.39 is 23.2 Å². The van der Waals surface area contributed by atoms with Gasteiger partial charge in [0.25, 0.3) is 0 Å². The number of hydrogen-bond donors (Lipinski definition) is 1. The van der Waals surface area contributed by atoms with Gasteiger partial charge >= 0.3 is 5.97 Å². The molecule has 0 bridgehead atoms. The van der Waals surface area contributed by atoms with E-state index in [0.29, 0.717) is 31.7 Å². The summed E-state index contributed by atoms with van der Waals surface area (Å²) in [6.45, 7) is 4.78. The molecule has 3 rings (SSSR count). The van der Waals surface area contributed by atoms with Crippen LogP contribution in [-0.2, 0) is 9.59 Å². The van der Waals surface area contributed by atoms with Crippen molar-refractivity contribution in [1.29, 1.82) is 0 Å². The molecular weight excluding hydrogens is 313 g/mol. The first-order chi connectivity index (χ1) is 11.3. The van der Waals surface area contributed by atoms with Crippen molar-refractivity contribution in [2.75, 3.05) is 13.1 Å². The fourth-order valence-electron chi connectivity index (χ4n) is 3.66. The van der Waals surface area contributed by atoms with Gasteiger partial charge in [-0.1, -0.05) is 13.8 Å². The van der Waals surface area contributed by atoms with Crippen LogP contribution in [-0.4, -0.2) is 41.1 Å². The molecule has 1 aromatic carbocycles. The van der Waals surface area contributed by atoms with Gasteiger partial charge in [0.15, 0.2) is 0 Å². The van der Waals surface area contributed by atoms with Gasteiger partial charge in [0.2, 0.25) is 5.91 Å². The molecule has 6 heteroatoms. The predicted molar refractivity (Wildman–Crippen MR) is 85.0 cm³/mol. The van der Waals surface area contributed by atoms with E-state index >= 15 is 0 Å². The van der Waals surface area contributed by atoms with Crippen molar-refractivity contribution in [1.82, 2.24) is 4.90 Å². The Balaban J connectivity index is 1.53. The zero-order chi connectivity index (χ0) is 17.5. The van der Waals surface area contributed by atoms with Crippen LogP contribution in [0.25, 0.3) is 0 Å². The Kier molecular flexibility index (Phi) is 4.24. The highest BCUT2D eigenvalue weighted by Crippen LogP contribution is 2.59. The maximum Gasteiger partial charge on any atom is 0.307 e. The van der Waals surface area contributed by atoms with E-state index in [-0.39, 0.29) is 17.8 Å². The Morgan fingerprint density at radius 2 is 1.75 bits per heavy atom. The summed E-state index contributed by atoms with van der Waals surface area (Å²) < 4.78 is 18.7. The molecule has 0 radical (unpaired) electrons. The number of carboxylic acids is 1. The minimum Gasteiger partial charge on any atom is -0.490 e. The van der Waals surface area contributed by atoms with E-state index in [1.807, 2.05) is 13.8 Å². The van der Waals surface area contributed by atoms with Crippen molar-refractivity contribution in [3.05, 3.63) is 30.1 Å². The van der Waals surface area contributed by atoms with E-state index in [0.717, 1.165) is 0 Å². The zero-order valence-corrected chi connectivity index (χ0v) is 13.9. The molecule has 1 aliphatic heterocycles. The molecule has 1 heterocycles. The van der Waals surface area contributed by atoms with Crippen molar-refractivity contribution in [3.8, 4) is 5.75 Å². The number of carbonyl (C=O) groups excluding carboxylic acids is 1. The van der Waals surface area contributed by atoms with Crippen LogP contribution in [0, 0.1) is 23.1 Å². The SMILES string of the molecule is CC1(C)[C@H](C(=O)O)[C@@H]1C(=O)N1CCC(Oc2ccc(F)cc2)CC1. The number of halogens is 1. The standard InChI is InChI=1S/C18H22FNO4/c1-18(2)14(15(18)17(22)23)16(21)20-9-7-13(8-10-20)24-12-5-3-11(19)4-6-12/h3-6,13-15H,7-10H2,1-2H3,(H,22,23)/t14-,15+/m1/s1. The first-order valence-electron chi connectivity index (χ1n) is 8.24. The minimum absolute atomic E-state index is 0.0120. The molecule has 0 unspecified atom stereocenters. The van der Waals surface area contributed by atoms with Gasteiger partial charge in [-0.25, -0.2) is 4.39 Å². The molecule has 0 aromatic heterocycles. The van der Waals surface area contributed by atoms with Gasteiger partial charge in [-0.3, -0.25) is 9.59 Å². The van der Waals surface area contributed by atoms with Crippen LogP contribution in [0.2, 0.25) is 0 Å². The fourth-order valence-corrected chi connectivity index (χ4v) is 3.66. The smallest absolute Gasteiger partial charge is 0.307 e. The van der Waals surface area contributed by atoms with Gasteiger partial charge in [0.1, 0.15) is 17.7 Å². The van der Waals surface area contributed by atoms with Crippen molar-refractivity contribution < 1.29 is 23.8 Å². The normalized spacial score (nSPS) is 26.0. The second-order valence-electron chi connectivity index (χ2n) is 7.21. The van der Waals surface area contributed by atoms with Crippen molar-refractivity contribution in [3.63, 3.8) is 0 Å². The summed E-state index contributed by atoms with van der Waals surface area (Å²) in [6, 6.07) is 5.90. The van der Waals surface area contributed by atoms with Gasteiger partial charge in [-0.15, -0.1) is 0 Å². The highest BCUT2D eigenvalue weighted by atomic mass is 19.1. The summed E-state index contributed by atoms with van der Waals surface area (Å²) >= 11 is 0. The van der Waals surface area contributed by atoms with Gasteiger partial charge in [0.05, 0.1) is 11.8 Å². The number of aliphatic carboxylic acids is 1. The second-order valence-corrected chi connectivity index (χ2v) is 7.21. The summed E-state index contributed by atoms with van der Waals surface area (Å²) in [5.41, 5.74) is -0.468. The van der Waals surface area contributed by atoms with Gasteiger partial charge in [-0.05, 0) is 29.7 Å². The maximum absolute atomic E-state index is 12.9. The third-order valence-electron chi connectivity index (χ3n) is 5.23. The van der Waals surface area contributed by atoms with Crippen LogP contribution in [0.4, 0.5) is 4.39 Å². The van der Waals surface area contributed by atoms with Gasteiger partial charge in [0, 0.05) is 25.9 Å². The summed E-state index contributed by atoms with van der Waals surface area (Å²) in [6.07, 6.45) is 1.36. The number of hydrogen-bond acceptors (Lipinski definition) is 3. The number of nitrogens with zero attached hydrogens (tertiary/aromatic N) is 1. The molecule has 5 nitrogen and oxygen atoms in total. The Morgan fingerprint density at radius 3 is 2.25 bits per heavy atom. The maximum atomic E-state index is 12.9. The molecule has 1 saturated carbocycles. The lowest BCUT2D eigenvalue weighted by Crippen LogP contribution is -2.43. The van der Waals surface area contributed by atoms with E-state index in [4.69, 9.17) is 4.74 Å². The quantitative estimate of drug-likeness (QED) is 0.918. The van der Waals surface area contributed by atoms with Crippen LogP contribution in [0.5, 0.6) is 5.75 Å². The number of rotatable bonds is 4. The molecule has 130 valence electrons. The Bertz CT molecular complexity index is 635. The Morgan fingerprint density at radius 1 is 1.17 bits per heavy atom. The number of ether oxygens (including phenoxy) is 1. The summed E-state index contributed by atoms with van der Waals surface area (Å²) in [4.78, 5) is 25.6. The molecule has 0 spiro atoms. The highest BCUT2D eigenvalue weighted by Gasteiger charge is 2.66. The first-order valence-corrected chi connectivity index (χ1v) is 8.24. The Hall–Kier alpha value is -2.11. The lowest BCUT2D eigenvalue weighted by molar-refractivity contribution is -0.142. The third kappa shape index (κ3) is 3.09. The average Bonchev–Trinajstić information content (AvgIpc) is 3.12. The number of carboxylic acid groups (broad SMARTS) is 1.